The van der Waals surface area contributed by atoms with Crippen molar-refractivity contribution in [2.75, 3.05) is 0 Å². The molecule has 1 aliphatic rings. The zero-order chi connectivity index (χ0) is 37.5. The molecule has 0 saturated heterocycles. The second kappa shape index (κ2) is 13.6. The molecule has 0 spiro atoms. The van der Waals surface area contributed by atoms with Gasteiger partial charge in [0.15, 0.2) is 17.5 Å². The van der Waals surface area contributed by atoms with Crippen LogP contribution in [0.5, 0.6) is 11.5 Å². The van der Waals surface area contributed by atoms with Crippen molar-refractivity contribution < 1.29 is 4.74 Å². The molecule has 2 heterocycles. The number of nitriles is 1. The smallest absolute Gasteiger partial charge is 0.164 e. The lowest BCUT2D eigenvalue weighted by atomic mass is 9.63. The molecule has 1 aromatic heterocycles. The monoisotopic (exact) mass is 716 g/mol. The minimum atomic E-state index is -0.626. The third-order valence-corrected chi connectivity index (χ3v) is 10.7. The summed E-state index contributed by atoms with van der Waals surface area (Å²) in [5.74, 6) is 3.37. The summed E-state index contributed by atoms with van der Waals surface area (Å²) >= 11 is 0. The molecule has 9 aromatic rings. The van der Waals surface area contributed by atoms with Crippen molar-refractivity contribution in [2.45, 2.75) is 5.41 Å². The van der Waals surface area contributed by atoms with Crippen molar-refractivity contribution in [3.05, 3.63) is 222 Å². The Bertz CT molecular complexity index is 2900. The van der Waals surface area contributed by atoms with Crippen molar-refractivity contribution in [1.29, 1.82) is 5.26 Å². The van der Waals surface area contributed by atoms with Crippen LogP contribution in [0.4, 0.5) is 0 Å². The molecule has 0 fully saturated rings. The van der Waals surface area contributed by atoms with Gasteiger partial charge in [-0.2, -0.15) is 5.26 Å². The standard InChI is InChI=1S/C51H32N4O/c52-33-34-24-26-36(27-25-34)49-53-48(35-14-4-1-5-15-35)54-50(55-49)43-30-29-40(41-20-10-11-21-42(41)43)37-28-31-47-45(32-37)51(38-16-6-2-7-17-38,39-18-8-3-9-19-39)44-22-12-13-23-46(44)56-47/h1-32H. The van der Waals surface area contributed by atoms with Crippen molar-refractivity contribution in [2.24, 2.45) is 0 Å². The Labute approximate surface area is 324 Å². The first-order chi connectivity index (χ1) is 27.7. The van der Waals surface area contributed by atoms with Crippen molar-refractivity contribution in [1.82, 2.24) is 15.0 Å². The molecule has 8 aromatic carbocycles. The van der Waals surface area contributed by atoms with Crippen molar-refractivity contribution >= 4 is 10.8 Å². The summed E-state index contributed by atoms with van der Waals surface area (Å²) in [5.41, 5.74) is 9.24. The van der Waals surface area contributed by atoms with Crippen LogP contribution in [0.3, 0.4) is 0 Å². The summed E-state index contributed by atoms with van der Waals surface area (Å²) in [6, 6.07) is 68.7. The summed E-state index contributed by atoms with van der Waals surface area (Å²) in [5, 5.41) is 11.5. The maximum atomic E-state index is 9.42. The van der Waals surface area contributed by atoms with Gasteiger partial charge in [-0.3, -0.25) is 0 Å². The Hall–Kier alpha value is -7.68. The van der Waals surface area contributed by atoms with Crippen LogP contribution in [-0.2, 0) is 5.41 Å². The van der Waals surface area contributed by atoms with Crippen LogP contribution in [0.15, 0.2) is 194 Å². The van der Waals surface area contributed by atoms with Gasteiger partial charge in [-0.15, -0.1) is 0 Å². The Kier molecular flexibility index (Phi) is 8.01. The van der Waals surface area contributed by atoms with E-state index in [0.717, 1.165) is 61.2 Å². The molecule has 10 rings (SSSR count). The summed E-state index contributed by atoms with van der Waals surface area (Å²) in [6.07, 6.45) is 0. The highest BCUT2D eigenvalue weighted by atomic mass is 16.5. The average molecular weight is 717 g/mol. The maximum Gasteiger partial charge on any atom is 0.164 e. The minimum Gasteiger partial charge on any atom is -0.457 e. The van der Waals surface area contributed by atoms with Gasteiger partial charge in [0.1, 0.15) is 11.5 Å². The first-order valence-corrected chi connectivity index (χ1v) is 18.6. The van der Waals surface area contributed by atoms with Gasteiger partial charge < -0.3 is 4.74 Å². The molecule has 0 aliphatic carbocycles. The molecule has 0 bridgehead atoms. The number of aromatic nitrogens is 3. The number of rotatable bonds is 6. The highest BCUT2D eigenvalue weighted by Crippen LogP contribution is 2.56. The summed E-state index contributed by atoms with van der Waals surface area (Å²) in [6.45, 7) is 0. The third kappa shape index (κ3) is 5.43. The second-order valence-corrected chi connectivity index (χ2v) is 13.9. The lowest BCUT2D eigenvalue weighted by Gasteiger charge is -2.41. The molecule has 0 N–H and O–H groups in total. The van der Waals surface area contributed by atoms with Crippen LogP contribution in [-0.4, -0.2) is 15.0 Å². The quantitative estimate of drug-likeness (QED) is 0.171. The van der Waals surface area contributed by atoms with Crippen LogP contribution >= 0.6 is 0 Å². The molecule has 262 valence electrons. The first-order valence-electron chi connectivity index (χ1n) is 18.6. The molecule has 0 unspecified atom stereocenters. The molecular formula is C51H32N4O. The van der Waals surface area contributed by atoms with E-state index in [1.54, 1.807) is 12.1 Å². The molecule has 0 atom stereocenters. The van der Waals surface area contributed by atoms with E-state index in [0.29, 0.717) is 23.0 Å². The number of fused-ring (bicyclic) bond motifs is 3. The van der Waals surface area contributed by atoms with Gasteiger partial charge in [0.2, 0.25) is 0 Å². The summed E-state index contributed by atoms with van der Waals surface area (Å²) in [4.78, 5) is 15.0. The lowest BCUT2D eigenvalue weighted by molar-refractivity contribution is 0.434. The fourth-order valence-corrected chi connectivity index (χ4v) is 8.15. The predicted octanol–water partition coefficient (Wildman–Crippen LogP) is 12.1. The maximum absolute atomic E-state index is 9.42. The number of hydrogen-bond acceptors (Lipinski definition) is 5. The zero-order valence-corrected chi connectivity index (χ0v) is 30.2. The van der Waals surface area contributed by atoms with Gasteiger partial charge in [0, 0.05) is 27.8 Å². The van der Waals surface area contributed by atoms with E-state index in [9.17, 15) is 5.26 Å². The SMILES string of the molecule is N#Cc1ccc(-c2nc(-c3ccccc3)nc(-c3ccc(-c4ccc5c(c4)C(c4ccccc4)(c4ccccc4)c4ccccc4O5)c4ccccc34)n2)cc1. The molecule has 0 amide bonds. The van der Waals surface area contributed by atoms with E-state index in [2.05, 4.69) is 140 Å². The molecule has 56 heavy (non-hydrogen) atoms. The van der Waals surface area contributed by atoms with Crippen LogP contribution in [0.2, 0.25) is 0 Å². The molecular weight excluding hydrogens is 685 g/mol. The van der Waals surface area contributed by atoms with Crippen LogP contribution in [0.1, 0.15) is 27.8 Å². The Morgan fingerprint density at radius 1 is 0.411 bits per heavy atom. The number of nitrogens with zero attached hydrogens (tertiary/aromatic N) is 4. The van der Waals surface area contributed by atoms with Crippen LogP contribution < -0.4 is 4.74 Å². The Morgan fingerprint density at radius 2 is 0.911 bits per heavy atom. The van der Waals surface area contributed by atoms with E-state index >= 15 is 0 Å². The van der Waals surface area contributed by atoms with Gasteiger partial charge in [-0.1, -0.05) is 146 Å². The number of ether oxygens (including phenoxy) is 1. The zero-order valence-electron chi connectivity index (χ0n) is 30.2. The van der Waals surface area contributed by atoms with Crippen molar-refractivity contribution in [3.63, 3.8) is 0 Å². The molecule has 5 heteroatoms. The second-order valence-electron chi connectivity index (χ2n) is 13.9. The molecule has 5 nitrogen and oxygen atoms in total. The highest BCUT2D eigenvalue weighted by Gasteiger charge is 2.45. The van der Waals surface area contributed by atoms with Gasteiger partial charge in [-0.05, 0) is 81.6 Å². The molecule has 0 radical (unpaired) electrons. The fourth-order valence-electron chi connectivity index (χ4n) is 8.15. The van der Waals surface area contributed by atoms with E-state index in [1.165, 1.54) is 11.1 Å². The molecule has 0 saturated carbocycles. The summed E-state index contributed by atoms with van der Waals surface area (Å²) < 4.78 is 6.70. The first kappa shape index (κ1) is 32.9. The van der Waals surface area contributed by atoms with Crippen LogP contribution in [0, 0.1) is 11.3 Å². The topological polar surface area (TPSA) is 71.7 Å². The molecule has 1 aliphatic heterocycles. The highest BCUT2D eigenvalue weighted by molar-refractivity contribution is 6.04. The van der Waals surface area contributed by atoms with Gasteiger partial charge >= 0.3 is 0 Å². The van der Waals surface area contributed by atoms with E-state index in [1.807, 2.05) is 48.5 Å². The van der Waals surface area contributed by atoms with E-state index < -0.39 is 5.41 Å². The fraction of sp³-hybridized carbons (Fsp3) is 0.0196. The number of benzene rings is 8. The van der Waals surface area contributed by atoms with Gasteiger partial charge in [0.05, 0.1) is 17.0 Å². The van der Waals surface area contributed by atoms with E-state index in [-0.39, 0.29) is 0 Å². The predicted molar refractivity (Wildman–Crippen MR) is 222 cm³/mol. The summed E-state index contributed by atoms with van der Waals surface area (Å²) in [7, 11) is 0. The average Bonchev–Trinajstić information content (AvgIpc) is 3.28. The normalized spacial score (nSPS) is 12.6. The van der Waals surface area contributed by atoms with Gasteiger partial charge in [0.25, 0.3) is 0 Å². The number of hydrogen-bond donors (Lipinski definition) is 0. The lowest BCUT2D eigenvalue weighted by Crippen LogP contribution is -2.34. The van der Waals surface area contributed by atoms with Gasteiger partial charge in [-0.25, -0.2) is 15.0 Å². The minimum absolute atomic E-state index is 0.541. The largest absolute Gasteiger partial charge is 0.457 e. The third-order valence-electron chi connectivity index (χ3n) is 10.7. The van der Waals surface area contributed by atoms with Crippen molar-refractivity contribution in [3.8, 4) is 62.9 Å². The van der Waals surface area contributed by atoms with E-state index in [4.69, 9.17) is 19.7 Å². The Morgan fingerprint density at radius 3 is 1.57 bits per heavy atom. The Balaban J connectivity index is 1.18. The van der Waals surface area contributed by atoms with Crippen LogP contribution in [0.25, 0.3) is 56.1 Å². The number of para-hydroxylation sites is 1.